The quantitative estimate of drug-likeness (QED) is 0.467. The van der Waals surface area contributed by atoms with Gasteiger partial charge in [-0.1, -0.05) is 54.6 Å². The maximum atomic E-state index is 12.9. The van der Waals surface area contributed by atoms with Crippen LogP contribution in [0.4, 0.5) is 0 Å². The first-order chi connectivity index (χ1) is 11.7. The lowest BCUT2D eigenvalue weighted by Crippen LogP contribution is -2.04. The Bertz CT molecular complexity index is 1070. The molecule has 2 heteroatoms. The number of ketones is 1. The molecule has 0 aliphatic heterocycles. The zero-order valence-electron chi connectivity index (χ0n) is 13.9. The van der Waals surface area contributed by atoms with Crippen LogP contribution in [0.5, 0.6) is 0 Å². The van der Waals surface area contributed by atoms with Gasteiger partial charge in [-0.3, -0.25) is 4.79 Å². The minimum absolute atomic E-state index is 0.0860. The number of nitrogens with zero attached hydrogens (tertiary/aromatic N) is 1. The summed E-state index contributed by atoms with van der Waals surface area (Å²) in [6.45, 7) is 5.00. The van der Waals surface area contributed by atoms with Crippen molar-refractivity contribution in [2.24, 2.45) is 0 Å². The largest absolute Gasteiger partial charge is 0.341 e. The van der Waals surface area contributed by atoms with E-state index in [1.165, 1.54) is 16.3 Å². The van der Waals surface area contributed by atoms with E-state index in [1.54, 1.807) is 0 Å². The van der Waals surface area contributed by atoms with Gasteiger partial charge in [0.05, 0.1) is 0 Å². The standard InChI is InChI=1S/C22H19NO/c1-3-23-20-11-7-6-10-18(20)19-13-12-16(14-21(19)23)22(24)17-9-5-4-8-15(17)2/h4-14H,3H2,1-2H3. The van der Waals surface area contributed by atoms with Crippen molar-refractivity contribution in [2.45, 2.75) is 20.4 Å². The molecule has 2 nitrogen and oxygen atoms in total. The van der Waals surface area contributed by atoms with Crippen molar-refractivity contribution in [1.82, 2.24) is 4.57 Å². The normalized spacial score (nSPS) is 11.2. The number of aromatic nitrogens is 1. The van der Waals surface area contributed by atoms with Gasteiger partial charge in [-0.05, 0) is 31.5 Å². The van der Waals surface area contributed by atoms with Crippen LogP contribution in [0.3, 0.4) is 0 Å². The highest BCUT2D eigenvalue weighted by atomic mass is 16.1. The smallest absolute Gasteiger partial charge is 0.193 e. The molecule has 0 aliphatic rings. The van der Waals surface area contributed by atoms with Gasteiger partial charge in [0.2, 0.25) is 0 Å². The molecule has 0 spiro atoms. The van der Waals surface area contributed by atoms with E-state index in [4.69, 9.17) is 0 Å². The van der Waals surface area contributed by atoms with E-state index in [9.17, 15) is 4.79 Å². The second-order valence-corrected chi connectivity index (χ2v) is 6.14. The summed E-state index contributed by atoms with van der Waals surface area (Å²) < 4.78 is 2.28. The molecule has 3 aromatic carbocycles. The van der Waals surface area contributed by atoms with Crippen LogP contribution >= 0.6 is 0 Å². The van der Waals surface area contributed by atoms with E-state index in [2.05, 4.69) is 41.8 Å². The van der Waals surface area contributed by atoms with E-state index >= 15 is 0 Å². The van der Waals surface area contributed by atoms with Gasteiger partial charge >= 0.3 is 0 Å². The summed E-state index contributed by atoms with van der Waals surface area (Å²) in [5.41, 5.74) is 4.87. The van der Waals surface area contributed by atoms with Crippen molar-refractivity contribution in [2.75, 3.05) is 0 Å². The fourth-order valence-corrected chi connectivity index (χ4v) is 3.51. The molecule has 4 rings (SSSR count). The lowest BCUT2D eigenvalue weighted by atomic mass is 9.98. The summed E-state index contributed by atoms with van der Waals surface area (Å²) in [6.07, 6.45) is 0. The van der Waals surface area contributed by atoms with Crippen LogP contribution < -0.4 is 0 Å². The average molecular weight is 313 g/mol. The summed E-state index contributed by atoms with van der Waals surface area (Å²) in [5.74, 6) is 0.0860. The Balaban J connectivity index is 1.94. The van der Waals surface area contributed by atoms with Crippen molar-refractivity contribution in [3.05, 3.63) is 83.4 Å². The van der Waals surface area contributed by atoms with Gasteiger partial charge in [0, 0.05) is 39.5 Å². The molecule has 0 N–H and O–H groups in total. The minimum Gasteiger partial charge on any atom is -0.341 e. The Morgan fingerprint density at radius 1 is 0.875 bits per heavy atom. The maximum Gasteiger partial charge on any atom is 0.193 e. The Morgan fingerprint density at radius 2 is 1.58 bits per heavy atom. The molecule has 4 aromatic rings. The van der Waals surface area contributed by atoms with E-state index in [0.717, 1.165) is 28.8 Å². The third-order valence-electron chi connectivity index (χ3n) is 4.74. The van der Waals surface area contributed by atoms with E-state index < -0.39 is 0 Å². The van der Waals surface area contributed by atoms with E-state index in [-0.39, 0.29) is 5.78 Å². The first-order valence-corrected chi connectivity index (χ1v) is 8.32. The summed E-state index contributed by atoms with van der Waals surface area (Å²) in [7, 11) is 0. The zero-order chi connectivity index (χ0) is 16.7. The predicted molar refractivity (Wildman–Crippen MR) is 99.7 cm³/mol. The molecule has 1 heterocycles. The van der Waals surface area contributed by atoms with Gasteiger partial charge in [-0.2, -0.15) is 0 Å². The number of aryl methyl sites for hydroxylation is 2. The number of benzene rings is 3. The second-order valence-electron chi connectivity index (χ2n) is 6.14. The molecule has 0 amide bonds. The molecular weight excluding hydrogens is 294 g/mol. The van der Waals surface area contributed by atoms with Crippen molar-refractivity contribution in [1.29, 1.82) is 0 Å². The molecule has 0 unspecified atom stereocenters. The Labute approximate surface area is 141 Å². The molecule has 118 valence electrons. The lowest BCUT2D eigenvalue weighted by molar-refractivity contribution is 0.103. The third-order valence-corrected chi connectivity index (χ3v) is 4.74. The number of hydrogen-bond acceptors (Lipinski definition) is 1. The van der Waals surface area contributed by atoms with Gasteiger partial charge in [-0.15, -0.1) is 0 Å². The predicted octanol–water partition coefficient (Wildman–Crippen LogP) is 5.35. The van der Waals surface area contributed by atoms with Crippen LogP contribution in [-0.2, 0) is 6.54 Å². The Kier molecular flexibility index (Phi) is 3.46. The van der Waals surface area contributed by atoms with Crippen LogP contribution in [0.15, 0.2) is 66.7 Å². The van der Waals surface area contributed by atoms with Gasteiger partial charge in [0.25, 0.3) is 0 Å². The zero-order valence-corrected chi connectivity index (χ0v) is 13.9. The van der Waals surface area contributed by atoms with Gasteiger partial charge in [-0.25, -0.2) is 0 Å². The molecule has 0 saturated carbocycles. The molecular formula is C22H19NO. The second kappa shape index (κ2) is 5.64. The molecule has 0 bridgehead atoms. The van der Waals surface area contributed by atoms with Gasteiger partial charge in [0.15, 0.2) is 5.78 Å². The highest BCUT2D eigenvalue weighted by Crippen LogP contribution is 2.30. The van der Waals surface area contributed by atoms with Crippen LogP contribution in [0.1, 0.15) is 28.4 Å². The highest BCUT2D eigenvalue weighted by Gasteiger charge is 2.15. The number of carbonyl (C=O) groups is 1. The van der Waals surface area contributed by atoms with Crippen LogP contribution in [0.25, 0.3) is 21.8 Å². The van der Waals surface area contributed by atoms with Crippen molar-refractivity contribution < 1.29 is 4.79 Å². The SMILES string of the molecule is CCn1c2ccccc2c2ccc(C(=O)c3ccccc3C)cc21. The Morgan fingerprint density at radius 3 is 2.38 bits per heavy atom. The van der Waals surface area contributed by atoms with Crippen molar-refractivity contribution in [3.63, 3.8) is 0 Å². The van der Waals surface area contributed by atoms with Crippen LogP contribution in [-0.4, -0.2) is 10.4 Å². The molecule has 0 fully saturated rings. The van der Waals surface area contributed by atoms with Crippen LogP contribution in [0, 0.1) is 6.92 Å². The third kappa shape index (κ3) is 2.15. The summed E-state index contributed by atoms with van der Waals surface area (Å²) in [5, 5.41) is 2.44. The number of para-hydroxylation sites is 1. The summed E-state index contributed by atoms with van der Waals surface area (Å²) >= 11 is 0. The number of carbonyl (C=O) groups excluding carboxylic acids is 1. The summed E-state index contributed by atoms with van der Waals surface area (Å²) in [4.78, 5) is 12.9. The summed E-state index contributed by atoms with van der Waals surface area (Å²) in [6, 6.07) is 22.2. The fraction of sp³-hybridized carbons (Fsp3) is 0.136. The molecule has 1 aromatic heterocycles. The van der Waals surface area contributed by atoms with Gasteiger partial charge in [0.1, 0.15) is 0 Å². The monoisotopic (exact) mass is 313 g/mol. The number of hydrogen-bond donors (Lipinski definition) is 0. The number of rotatable bonds is 3. The minimum atomic E-state index is 0.0860. The maximum absolute atomic E-state index is 12.9. The fourth-order valence-electron chi connectivity index (χ4n) is 3.51. The van der Waals surface area contributed by atoms with E-state index in [0.29, 0.717) is 0 Å². The molecule has 24 heavy (non-hydrogen) atoms. The average Bonchev–Trinajstić information content (AvgIpc) is 2.94. The molecule has 0 saturated heterocycles. The molecule has 0 atom stereocenters. The van der Waals surface area contributed by atoms with Crippen molar-refractivity contribution >= 4 is 27.6 Å². The molecule has 0 aliphatic carbocycles. The van der Waals surface area contributed by atoms with Crippen LogP contribution in [0.2, 0.25) is 0 Å². The topological polar surface area (TPSA) is 22.0 Å². The molecule has 0 radical (unpaired) electrons. The first-order valence-electron chi connectivity index (χ1n) is 8.32. The van der Waals surface area contributed by atoms with Crippen molar-refractivity contribution in [3.8, 4) is 0 Å². The Hall–Kier alpha value is -2.87. The van der Waals surface area contributed by atoms with E-state index in [1.807, 2.05) is 43.3 Å². The first kappa shape index (κ1) is 14.7. The van der Waals surface area contributed by atoms with Gasteiger partial charge < -0.3 is 4.57 Å². The highest BCUT2D eigenvalue weighted by molar-refractivity contribution is 6.14. The number of fused-ring (bicyclic) bond motifs is 3. The lowest BCUT2D eigenvalue weighted by Gasteiger charge is -2.07.